The Morgan fingerprint density at radius 3 is 2.77 bits per heavy atom. The number of aryl methyl sites for hydroxylation is 1. The second-order valence-corrected chi connectivity index (χ2v) is 6.71. The number of aromatic nitrogens is 1. The van der Waals surface area contributed by atoms with Crippen LogP contribution in [-0.2, 0) is 4.79 Å². The van der Waals surface area contributed by atoms with Gasteiger partial charge in [-0.25, -0.2) is 4.98 Å². The van der Waals surface area contributed by atoms with Crippen LogP contribution in [0.15, 0.2) is 18.3 Å². The molecule has 1 aromatic rings. The minimum Gasteiger partial charge on any atom is -0.310 e. The monoisotopic (exact) mass is 302 g/mol. The lowest BCUT2D eigenvalue weighted by atomic mass is 10.1. The minimum atomic E-state index is 0.131. The number of nitrogens with zero attached hydrogens (tertiary/aromatic N) is 3. The molecular weight excluding hydrogens is 276 g/mol. The molecule has 1 saturated heterocycles. The van der Waals surface area contributed by atoms with Crippen molar-refractivity contribution in [2.75, 3.05) is 38.5 Å². The van der Waals surface area contributed by atoms with Crippen molar-refractivity contribution in [3.8, 4) is 0 Å². The highest BCUT2D eigenvalue weighted by Gasteiger charge is 2.34. The lowest BCUT2D eigenvalue weighted by Crippen LogP contribution is -2.48. The molecule has 5 nitrogen and oxygen atoms in total. The molecule has 0 spiro atoms. The number of piperazine rings is 1. The standard InChI is InChI=1S/C17H26N4O/c1-13-5-6-18-16(11-13)19-17(22)14-3-4-15(12-14)21-9-7-20(2)8-10-21/h5-6,11,14-15H,3-4,7-10,12H2,1-2H3,(H,18,19,22)/t14-,15+/m0/s1. The van der Waals surface area contributed by atoms with Crippen LogP contribution in [0.25, 0.3) is 0 Å². The van der Waals surface area contributed by atoms with E-state index in [2.05, 4.69) is 27.1 Å². The first-order valence-electron chi connectivity index (χ1n) is 8.28. The van der Waals surface area contributed by atoms with E-state index in [1.165, 1.54) is 0 Å². The van der Waals surface area contributed by atoms with Gasteiger partial charge in [0.05, 0.1) is 0 Å². The van der Waals surface area contributed by atoms with Crippen LogP contribution in [0.1, 0.15) is 24.8 Å². The van der Waals surface area contributed by atoms with Gasteiger partial charge < -0.3 is 10.2 Å². The van der Waals surface area contributed by atoms with Crippen molar-refractivity contribution in [3.05, 3.63) is 23.9 Å². The molecule has 2 atom stereocenters. The molecule has 1 N–H and O–H groups in total. The van der Waals surface area contributed by atoms with Crippen LogP contribution >= 0.6 is 0 Å². The molecule has 0 bridgehead atoms. The Morgan fingerprint density at radius 1 is 1.27 bits per heavy atom. The van der Waals surface area contributed by atoms with E-state index < -0.39 is 0 Å². The van der Waals surface area contributed by atoms with E-state index in [9.17, 15) is 4.79 Å². The lowest BCUT2D eigenvalue weighted by Gasteiger charge is -2.36. The van der Waals surface area contributed by atoms with Crippen molar-refractivity contribution >= 4 is 11.7 Å². The maximum absolute atomic E-state index is 12.4. The van der Waals surface area contributed by atoms with Crippen LogP contribution in [0.5, 0.6) is 0 Å². The van der Waals surface area contributed by atoms with E-state index in [-0.39, 0.29) is 11.8 Å². The Balaban J connectivity index is 1.52. The second-order valence-electron chi connectivity index (χ2n) is 6.71. The third kappa shape index (κ3) is 3.65. The number of amides is 1. The zero-order valence-electron chi connectivity index (χ0n) is 13.6. The third-order valence-electron chi connectivity index (χ3n) is 5.00. The fraction of sp³-hybridized carbons (Fsp3) is 0.647. The Kier molecular flexibility index (Phi) is 4.74. The summed E-state index contributed by atoms with van der Waals surface area (Å²) in [5.74, 6) is 0.940. The fourth-order valence-corrected chi connectivity index (χ4v) is 3.55. The maximum atomic E-state index is 12.4. The molecule has 0 aromatic carbocycles. The van der Waals surface area contributed by atoms with Crippen LogP contribution in [0.3, 0.4) is 0 Å². The quantitative estimate of drug-likeness (QED) is 0.924. The SMILES string of the molecule is Cc1ccnc(NC(=O)[C@H]2CC[C@@H](N3CCN(C)CC3)C2)c1. The normalized spacial score (nSPS) is 27.0. The van der Waals surface area contributed by atoms with Crippen molar-refractivity contribution in [1.29, 1.82) is 0 Å². The molecular formula is C17H26N4O. The summed E-state index contributed by atoms with van der Waals surface area (Å²) in [5.41, 5.74) is 1.12. The van der Waals surface area contributed by atoms with Gasteiger partial charge in [0.25, 0.3) is 0 Å². The lowest BCUT2D eigenvalue weighted by molar-refractivity contribution is -0.119. The molecule has 120 valence electrons. The maximum Gasteiger partial charge on any atom is 0.228 e. The van der Waals surface area contributed by atoms with Gasteiger partial charge in [-0.2, -0.15) is 0 Å². The summed E-state index contributed by atoms with van der Waals surface area (Å²) in [4.78, 5) is 21.6. The number of carbonyl (C=O) groups excluding carboxylic acids is 1. The number of nitrogens with one attached hydrogen (secondary N) is 1. The molecule has 1 amide bonds. The Labute approximate surface area is 132 Å². The first-order valence-corrected chi connectivity index (χ1v) is 8.28. The summed E-state index contributed by atoms with van der Waals surface area (Å²) in [7, 11) is 2.18. The summed E-state index contributed by atoms with van der Waals surface area (Å²) in [6, 6.07) is 4.44. The number of anilines is 1. The van der Waals surface area contributed by atoms with Gasteiger partial charge in [-0.1, -0.05) is 0 Å². The fourth-order valence-electron chi connectivity index (χ4n) is 3.55. The van der Waals surface area contributed by atoms with Crippen LogP contribution in [0.2, 0.25) is 0 Å². The largest absolute Gasteiger partial charge is 0.310 e. The van der Waals surface area contributed by atoms with Crippen molar-refractivity contribution in [3.63, 3.8) is 0 Å². The van der Waals surface area contributed by atoms with Gasteiger partial charge in [0.1, 0.15) is 5.82 Å². The minimum absolute atomic E-state index is 0.131. The van der Waals surface area contributed by atoms with Crippen molar-refractivity contribution in [1.82, 2.24) is 14.8 Å². The number of rotatable bonds is 3. The molecule has 1 aliphatic carbocycles. The predicted molar refractivity (Wildman–Crippen MR) is 87.8 cm³/mol. The molecule has 2 aliphatic rings. The smallest absolute Gasteiger partial charge is 0.228 e. The van der Waals surface area contributed by atoms with E-state index in [4.69, 9.17) is 0 Å². The zero-order chi connectivity index (χ0) is 15.5. The predicted octanol–water partition coefficient (Wildman–Crippen LogP) is 1.74. The van der Waals surface area contributed by atoms with Gasteiger partial charge in [-0.15, -0.1) is 0 Å². The molecule has 1 aromatic heterocycles. The molecule has 2 fully saturated rings. The van der Waals surface area contributed by atoms with Gasteiger partial charge in [-0.3, -0.25) is 9.69 Å². The summed E-state index contributed by atoms with van der Waals surface area (Å²) in [6.45, 7) is 6.56. The van der Waals surface area contributed by atoms with E-state index in [1.807, 2.05) is 19.1 Å². The van der Waals surface area contributed by atoms with Gasteiger partial charge in [-0.05, 0) is 50.9 Å². The van der Waals surface area contributed by atoms with Crippen molar-refractivity contribution in [2.24, 2.45) is 5.92 Å². The van der Waals surface area contributed by atoms with Crippen LogP contribution in [-0.4, -0.2) is 60.0 Å². The van der Waals surface area contributed by atoms with E-state index >= 15 is 0 Å². The molecule has 0 unspecified atom stereocenters. The zero-order valence-corrected chi connectivity index (χ0v) is 13.6. The molecule has 3 rings (SSSR count). The topological polar surface area (TPSA) is 48.5 Å². The highest BCUT2D eigenvalue weighted by Crippen LogP contribution is 2.30. The van der Waals surface area contributed by atoms with Crippen LogP contribution < -0.4 is 5.32 Å². The van der Waals surface area contributed by atoms with Crippen molar-refractivity contribution < 1.29 is 4.79 Å². The summed E-state index contributed by atoms with van der Waals surface area (Å²) < 4.78 is 0. The molecule has 0 radical (unpaired) electrons. The van der Waals surface area contributed by atoms with E-state index in [1.54, 1.807) is 6.20 Å². The summed E-state index contributed by atoms with van der Waals surface area (Å²) in [5, 5.41) is 2.98. The van der Waals surface area contributed by atoms with Gasteiger partial charge in [0, 0.05) is 44.3 Å². The highest BCUT2D eigenvalue weighted by atomic mass is 16.1. The number of carbonyl (C=O) groups is 1. The van der Waals surface area contributed by atoms with Gasteiger partial charge in [0.15, 0.2) is 0 Å². The first-order chi connectivity index (χ1) is 10.6. The van der Waals surface area contributed by atoms with Gasteiger partial charge >= 0.3 is 0 Å². The van der Waals surface area contributed by atoms with E-state index in [0.717, 1.165) is 51.0 Å². The van der Waals surface area contributed by atoms with E-state index in [0.29, 0.717) is 11.9 Å². The Hall–Kier alpha value is -1.46. The molecule has 2 heterocycles. The van der Waals surface area contributed by atoms with Crippen LogP contribution in [0, 0.1) is 12.8 Å². The summed E-state index contributed by atoms with van der Waals surface area (Å²) in [6.07, 6.45) is 4.87. The number of pyridine rings is 1. The number of hydrogen-bond donors (Lipinski definition) is 1. The summed E-state index contributed by atoms with van der Waals surface area (Å²) >= 11 is 0. The highest BCUT2D eigenvalue weighted by molar-refractivity contribution is 5.91. The molecule has 22 heavy (non-hydrogen) atoms. The second kappa shape index (κ2) is 6.75. The molecule has 1 aliphatic heterocycles. The Bertz CT molecular complexity index is 525. The number of hydrogen-bond acceptors (Lipinski definition) is 4. The Morgan fingerprint density at radius 2 is 2.05 bits per heavy atom. The molecule has 1 saturated carbocycles. The van der Waals surface area contributed by atoms with Crippen LogP contribution in [0.4, 0.5) is 5.82 Å². The first kappa shape index (κ1) is 15.4. The van der Waals surface area contributed by atoms with Gasteiger partial charge in [0.2, 0.25) is 5.91 Å². The number of likely N-dealkylation sites (N-methyl/N-ethyl adjacent to an activating group) is 1. The average Bonchev–Trinajstić information content (AvgIpc) is 2.98. The molecule has 5 heteroatoms. The average molecular weight is 302 g/mol. The third-order valence-corrected chi connectivity index (χ3v) is 5.00. The van der Waals surface area contributed by atoms with Crippen molar-refractivity contribution in [2.45, 2.75) is 32.2 Å².